The minimum atomic E-state index is -0.390. The second-order valence-corrected chi connectivity index (χ2v) is 8.13. The molecule has 30 heavy (non-hydrogen) atoms. The predicted octanol–water partition coefficient (Wildman–Crippen LogP) is 2.75. The van der Waals surface area contributed by atoms with E-state index in [0.717, 1.165) is 39.0 Å². The fourth-order valence-corrected chi connectivity index (χ4v) is 4.33. The van der Waals surface area contributed by atoms with Crippen molar-refractivity contribution >= 4 is 17.5 Å². The van der Waals surface area contributed by atoms with Gasteiger partial charge in [0.2, 0.25) is 5.91 Å². The van der Waals surface area contributed by atoms with Crippen molar-refractivity contribution in [1.82, 2.24) is 19.6 Å². The van der Waals surface area contributed by atoms with E-state index >= 15 is 0 Å². The average molecular weight is 413 g/mol. The summed E-state index contributed by atoms with van der Waals surface area (Å²) in [5.74, 6) is -0.667. The van der Waals surface area contributed by atoms with E-state index in [1.807, 2.05) is 4.90 Å². The molecule has 7 nitrogen and oxygen atoms in total. The second kappa shape index (κ2) is 9.38. The molecule has 2 aliphatic heterocycles. The van der Waals surface area contributed by atoms with Crippen LogP contribution in [0.15, 0.2) is 36.7 Å². The van der Waals surface area contributed by atoms with Crippen molar-refractivity contribution in [3.05, 3.63) is 48.0 Å². The van der Waals surface area contributed by atoms with Gasteiger partial charge >= 0.3 is 0 Å². The molecule has 2 amide bonds. The van der Waals surface area contributed by atoms with E-state index in [0.29, 0.717) is 11.3 Å². The number of carbonyl (C=O) groups excluding carboxylic acids is 2. The Labute approximate surface area is 175 Å². The SMILES string of the molecule is O=C(Nc1cnn(CC(=O)N2CCCC[C@H]2CN2CCCC2)c1)c1ccc(F)cc1. The Balaban J connectivity index is 1.34. The number of piperidine rings is 1. The van der Waals surface area contributed by atoms with Gasteiger partial charge in [0.05, 0.1) is 11.9 Å². The first kappa shape index (κ1) is 20.5. The zero-order valence-corrected chi connectivity index (χ0v) is 17.1. The Morgan fingerprint density at radius 3 is 2.57 bits per heavy atom. The summed E-state index contributed by atoms with van der Waals surface area (Å²) in [6, 6.07) is 5.62. The molecule has 0 unspecified atom stereocenters. The number of amides is 2. The van der Waals surface area contributed by atoms with Crippen molar-refractivity contribution in [2.24, 2.45) is 0 Å². The lowest BCUT2D eigenvalue weighted by Gasteiger charge is -2.38. The average Bonchev–Trinajstić information content (AvgIpc) is 3.41. The van der Waals surface area contributed by atoms with Crippen LogP contribution in [0.2, 0.25) is 0 Å². The molecule has 0 radical (unpaired) electrons. The third kappa shape index (κ3) is 5.05. The Morgan fingerprint density at radius 2 is 1.80 bits per heavy atom. The first-order valence-electron chi connectivity index (χ1n) is 10.7. The topological polar surface area (TPSA) is 70.5 Å². The third-order valence-corrected chi connectivity index (χ3v) is 5.91. The fraction of sp³-hybridized carbons (Fsp3) is 0.500. The Hall–Kier alpha value is -2.74. The van der Waals surface area contributed by atoms with Gasteiger partial charge in [-0.25, -0.2) is 4.39 Å². The molecule has 8 heteroatoms. The van der Waals surface area contributed by atoms with Gasteiger partial charge in [0.15, 0.2) is 0 Å². The Kier molecular flexibility index (Phi) is 6.42. The summed E-state index contributed by atoms with van der Waals surface area (Å²) < 4.78 is 14.6. The van der Waals surface area contributed by atoms with Gasteiger partial charge < -0.3 is 15.1 Å². The van der Waals surface area contributed by atoms with Crippen molar-refractivity contribution in [3.8, 4) is 0 Å². The molecule has 1 aromatic heterocycles. The van der Waals surface area contributed by atoms with E-state index in [-0.39, 0.29) is 24.4 Å². The van der Waals surface area contributed by atoms with Crippen molar-refractivity contribution in [2.45, 2.75) is 44.7 Å². The van der Waals surface area contributed by atoms with Crippen LogP contribution in [-0.4, -0.2) is 63.6 Å². The van der Waals surface area contributed by atoms with Crippen LogP contribution in [-0.2, 0) is 11.3 Å². The number of likely N-dealkylation sites (tertiary alicyclic amines) is 2. The highest BCUT2D eigenvalue weighted by molar-refractivity contribution is 6.04. The number of anilines is 1. The number of nitrogens with one attached hydrogen (secondary N) is 1. The summed E-state index contributed by atoms with van der Waals surface area (Å²) in [6.07, 6.45) is 8.94. The van der Waals surface area contributed by atoms with Crippen molar-refractivity contribution < 1.29 is 14.0 Å². The first-order chi connectivity index (χ1) is 14.6. The van der Waals surface area contributed by atoms with Gasteiger partial charge in [0.1, 0.15) is 12.4 Å². The van der Waals surface area contributed by atoms with Gasteiger partial charge in [-0.05, 0) is 69.5 Å². The molecule has 2 aliphatic rings. The standard InChI is InChI=1S/C22H28FN5O2/c23-18-8-6-17(7-9-18)22(30)25-19-13-24-27(14-19)16-21(29)28-12-2-1-5-20(28)15-26-10-3-4-11-26/h6-9,13-14,20H,1-5,10-12,15-16H2,(H,25,30)/t20-/m0/s1. The molecule has 1 N–H and O–H groups in total. The first-order valence-corrected chi connectivity index (χ1v) is 10.7. The highest BCUT2D eigenvalue weighted by Gasteiger charge is 2.29. The molecule has 0 saturated carbocycles. The number of carbonyl (C=O) groups is 2. The van der Waals surface area contributed by atoms with Crippen molar-refractivity contribution in [2.75, 3.05) is 31.5 Å². The molecule has 0 bridgehead atoms. The largest absolute Gasteiger partial charge is 0.337 e. The minimum absolute atomic E-state index is 0.0680. The van der Waals surface area contributed by atoms with Gasteiger partial charge in [-0.1, -0.05) is 0 Å². The molecule has 3 heterocycles. The van der Waals surface area contributed by atoms with Crippen LogP contribution in [0, 0.1) is 5.82 Å². The molecule has 1 atom stereocenters. The monoisotopic (exact) mass is 413 g/mol. The number of nitrogens with zero attached hydrogens (tertiary/aromatic N) is 4. The Bertz CT molecular complexity index is 876. The summed E-state index contributed by atoms with van der Waals surface area (Å²) in [4.78, 5) is 29.7. The maximum Gasteiger partial charge on any atom is 0.255 e. The van der Waals surface area contributed by atoms with Crippen LogP contribution in [0.3, 0.4) is 0 Å². The number of halogens is 1. The summed E-state index contributed by atoms with van der Waals surface area (Å²) in [5.41, 5.74) is 0.864. The van der Waals surface area contributed by atoms with Crippen LogP contribution in [0.1, 0.15) is 42.5 Å². The van der Waals surface area contributed by atoms with E-state index in [1.165, 1.54) is 49.7 Å². The second-order valence-electron chi connectivity index (χ2n) is 8.13. The molecule has 2 fully saturated rings. The molecule has 4 rings (SSSR count). The van der Waals surface area contributed by atoms with E-state index < -0.39 is 5.82 Å². The van der Waals surface area contributed by atoms with Crippen molar-refractivity contribution in [1.29, 1.82) is 0 Å². The smallest absolute Gasteiger partial charge is 0.255 e. The van der Waals surface area contributed by atoms with Crippen LogP contribution in [0.4, 0.5) is 10.1 Å². The maximum atomic E-state index is 13.0. The highest BCUT2D eigenvalue weighted by Crippen LogP contribution is 2.21. The molecule has 1 aromatic carbocycles. The highest BCUT2D eigenvalue weighted by atomic mass is 19.1. The van der Waals surface area contributed by atoms with Gasteiger partial charge in [0, 0.05) is 30.9 Å². The summed E-state index contributed by atoms with van der Waals surface area (Å²) in [6.45, 7) is 4.18. The van der Waals surface area contributed by atoms with Crippen LogP contribution < -0.4 is 5.32 Å². The lowest BCUT2D eigenvalue weighted by molar-refractivity contribution is -0.136. The number of rotatable bonds is 6. The molecule has 0 spiro atoms. The zero-order valence-electron chi connectivity index (χ0n) is 17.1. The van der Waals surface area contributed by atoms with Gasteiger partial charge in [-0.2, -0.15) is 5.10 Å². The van der Waals surface area contributed by atoms with Gasteiger partial charge in [-0.15, -0.1) is 0 Å². The summed E-state index contributed by atoms with van der Waals surface area (Å²) in [7, 11) is 0. The van der Waals surface area contributed by atoms with E-state index in [9.17, 15) is 14.0 Å². The fourth-order valence-electron chi connectivity index (χ4n) is 4.33. The normalized spacial score (nSPS) is 19.8. The molecule has 2 aromatic rings. The lowest BCUT2D eigenvalue weighted by Crippen LogP contribution is -2.50. The zero-order chi connectivity index (χ0) is 20.9. The van der Waals surface area contributed by atoms with E-state index in [4.69, 9.17) is 0 Å². The number of benzene rings is 1. The van der Waals surface area contributed by atoms with E-state index in [2.05, 4.69) is 15.3 Å². The summed E-state index contributed by atoms with van der Waals surface area (Å²) >= 11 is 0. The number of hydrogen-bond acceptors (Lipinski definition) is 4. The maximum absolute atomic E-state index is 13.0. The van der Waals surface area contributed by atoms with Crippen LogP contribution in [0.5, 0.6) is 0 Å². The molecule has 160 valence electrons. The summed E-state index contributed by atoms with van der Waals surface area (Å²) in [5, 5.41) is 6.96. The third-order valence-electron chi connectivity index (χ3n) is 5.91. The van der Waals surface area contributed by atoms with Crippen LogP contribution >= 0.6 is 0 Å². The minimum Gasteiger partial charge on any atom is -0.337 e. The van der Waals surface area contributed by atoms with Gasteiger partial charge in [-0.3, -0.25) is 14.3 Å². The molecule has 2 saturated heterocycles. The number of aromatic nitrogens is 2. The van der Waals surface area contributed by atoms with Crippen molar-refractivity contribution in [3.63, 3.8) is 0 Å². The molecular formula is C22H28FN5O2. The quantitative estimate of drug-likeness (QED) is 0.791. The number of hydrogen-bond donors (Lipinski definition) is 1. The van der Waals surface area contributed by atoms with E-state index in [1.54, 1.807) is 10.9 Å². The van der Waals surface area contributed by atoms with Crippen LogP contribution in [0.25, 0.3) is 0 Å². The molecular weight excluding hydrogens is 385 g/mol. The predicted molar refractivity (Wildman–Crippen MR) is 112 cm³/mol. The van der Waals surface area contributed by atoms with Gasteiger partial charge in [0.25, 0.3) is 5.91 Å². The Morgan fingerprint density at radius 1 is 1.07 bits per heavy atom. The molecule has 0 aliphatic carbocycles. The lowest BCUT2D eigenvalue weighted by atomic mass is 10.0.